The molecule has 0 aliphatic carbocycles. The Morgan fingerprint density at radius 2 is 1.74 bits per heavy atom. The number of aryl methyl sites for hydroxylation is 2. The van der Waals surface area contributed by atoms with Crippen molar-refractivity contribution in [3.63, 3.8) is 0 Å². The number of hydrogen-bond acceptors (Lipinski definition) is 2. The van der Waals surface area contributed by atoms with Gasteiger partial charge in [0.15, 0.2) is 0 Å². The summed E-state index contributed by atoms with van der Waals surface area (Å²) in [4.78, 5) is 12.4. The number of amides is 1. The van der Waals surface area contributed by atoms with Crippen molar-refractivity contribution in [2.45, 2.75) is 20.8 Å². The van der Waals surface area contributed by atoms with E-state index in [0.717, 1.165) is 28.2 Å². The molecule has 2 aromatic carbocycles. The normalized spacial score (nSPS) is 10.6. The van der Waals surface area contributed by atoms with Gasteiger partial charge in [0.25, 0.3) is 5.91 Å². The van der Waals surface area contributed by atoms with Crippen LogP contribution < -0.4 is 5.32 Å². The van der Waals surface area contributed by atoms with E-state index < -0.39 is 0 Å². The predicted molar refractivity (Wildman–Crippen MR) is 92.2 cm³/mol. The zero-order valence-corrected chi connectivity index (χ0v) is 13.5. The Morgan fingerprint density at radius 1 is 1.00 bits per heavy atom. The zero-order chi connectivity index (χ0) is 16.4. The zero-order valence-electron chi connectivity index (χ0n) is 13.5. The molecule has 23 heavy (non-hydrogen) atoms. The summed E-state index contributed by atoms with van der Waals surface area (Å²) in [5.74, 6) is -0.109. The van der Waals surface area contributed by atoms with E-state index >= 15 is 0 Å². The topological polar surface area (TPSA) is 46.9 Å². The van der Waals surface area contributed by atoms with Gasteiger partial charge in [0.05, 0.1) is 5.69 Å². The second-order valence-electron chi connectivity index (χ2n) is 5.63. The van der Waals surface area contributed by atoms with Crippen molar-refractivity contribution < 1.29 is 4.79 Å². The molecule has 0 aliphatic heterocycles. The van der Waals surface area contributed by atoms with Gasteiger partial charge in [0.2, 0.25) is 0 Å². The number of hydrogen-bond donors (Lipinski definition) is 1. The first-order valence-electron chi connectivity index (χ1n) is 7.55. The Morgan fingerprint density at radius 3 is 2.39 bits per heavy atom. The molecular formula is C19H19N3O. The molecule has 4 nitrogen and oxygen atoms in total. The highest BCUT2D eigenvalue weighted by Gasteiger charge is 2.09. The van der Waals surface area contributed by atoms with Gasteiger partial charge in [-0.05, 0) is 68.3 Å². The van der Waals surface area contributed by atoms with Gasteiger partial charge in [-0.2, -0.15) is 5.10 Å². The van der Waals surface area contributed by atoms with E-state index in [9.17, 15) is 4.79 Å². The van der Waals surface area contributed by atoms with Crippen LogP contribution in [0.4, 0.5) is 5.69 Å². The Hall–Kier alpha value is -2.88. The molecule has 0 unspecified atom stereocenters. The lowest BCUT2D eigenvalue weighted by Crippen LogP contribution is -2.13. The van der Waals surface area contributed by atoms with E-state index in [1.54, 1.807) is 6.20 Å². The van der Waals surface area contributed by atoms with Crippen molar-refractivity contribution in [2.24, 2.45) is 0 Å². The third kappa shape index (κ3) is 3.01. The number of benzene rings is 2. The number of aromatic nitrogens is 2. The molecule has 0 saturated heterocycles. The smallest absolute Gasteiger partial charge is 0.255 e. The molecule has 1 amide bonds. The molecule has 3 aromatic rings. The molecule has 0 radical (unpaired) electrons. The minimum atomic E-state index is -0.109. The largest absolute Gasteiger partial charge is 0.322 e. The molecule has 0 fully saturated rings. The SMILES string of the molecule is Cc1cccc(NC(=O)c2ccc(-n3nccc3C)cc2)c1C. The summed E-state index contributed by atoms with van der Waals surface area (Å²) >= 11 is 0. The summed E-state index contributed by atoms with van der Waals surface area (Å²) in [6.07, 6.45) is 1.76. The standard InChI is InChI=1S/C19H19N3O/c1-13-5-4-6-18(15(13)3)21-19(23)16-7-9-17(10-8-16)22-14(2)11-12-20-22/h4-12H,1-3H3,(H,21,23). The van der Waals surface area contributed by atoms with Crippen LogP contribution in [0.5, 0.6) is 0 Å². The van der Waals surface area contributed by atoms with Gasteiger partial charge in [0, 0.05) is 23.1 Å². The Kier molecular flexibility index (Phi) is 3.98. The fourth-order valence-corrected chi connectivity index (χ4v) is 2.47. The van der Waals surface area contributed by atoms with Gasteiger partial charge >= 0.3 is 0 Å². The van der Waals surface area contributed by atoms with Crippen LogP contribution in [0.1, 0.15) is 27.2 Å². The maximum Gasteiger partial charge on any atom is 0.255 e. The molecule has 0 bridgehead atoms. The summed E-state index contributed by atoms with van der Waals surface area (Å²) in [6, 6.07) is 15.3. The van der Waals surface area contributed by atoms with E-state index in [4.69, 9.17) is 0 Å². The third-order valence-corrected chi connectivity index (χ3v) is 4.06. The number of rotatable bonds is 3. The minimum absolute atomic E-state index is 0.109. The number of carbonyl (C=O) groups is 1. The van der Waals surface area contributed by atoms with Crippen molar-refractivity contribution >= 4 is 11.6 Å². The number of carbonyl (C=O) groups excluding carboxylic acids is 1. The highest BCUT2D eigenvalue weighted by atomic mass is 16.1. The summed E-state index contributed by atoms with van der Waals surface area (Å²) in [5, 5.41) is 7.24. The van der Waals surface area contributed by atoms with E-state index in [2.05, 4.69) is 10.4 Å². The van der Waals surface area contributed by atoms with Crippen LogP contribution in [0, 0.1) is 20.8 Å². The van der Waals surface area contributed by atoms with Crippen molar-refractivity contribution in [1.29, 1.82) is 0 Å². The molecule has 1 aromatic heterocycles. The van der Waals surface area contributed by atoms with Crippen molar-refractivity contribution in [1.82, 2.24) is 9.78 Å². The van der Waals surface area contributed by atoms with Crippen LogP contribution in [0.25, 0.3) is 5.69 Å². The highest BCUT2D eigenvalue weighted by molar-refractivity contribution is 6.04. The lowest BCUT2D eigenvalue weighted by Gasteiger charge is -2.11. The quantitative estimate of drug-likeness (QED) is 0.793. The first kappa shape index (κ1) is 15.0. The van der Waals surface area contributed by atoms with Crippen LogP contribution in [0.2, 0.25) is 0 Å². The van der Waals surface area contributed by atoms with Gasteiger partial charge in [-0.3, -0.25) is 4.79 Å². The fourth-order valence-electron chi connectivity index (χ4n) is 2.47. The van der Waals surface area contributed by atoms with E-state index in [1.165, 1.54) is 0 Å². The first-order valence-corrected chi connectivity index (χ1v) is 7.55. The van der Waals surface area contributed by atoms with Crippen molar-refractivity contribution in [3.8, 4) is 5.69 Å². The van der Waals surface area contributed by atoms with Crippen molar-refractivity contribution in [3.05, 3.63) is 77.1 Å². The molecule has 0 spiro atoms. The third-order valence-electron chi connectivity index (χ3n) is 4.06. The molecule has 4 heteroatoms. The van der Waals surface area contributed by atoms with Crippen LogP contribution >= 0.6 is 0 Å². The summed E-state index contributed by atoms with van der Waals surface area (Å²) in [7, 11) is 0. The van der Waals surface area contributed by atoms with Gasteiger partial charge < -0.3 is 5.32 Å². The monoisotopic (exact) mass is 305 g/mol. The second kappa shape index (κ2) is 6.08. The summed E-state index contributed by atoms with van der Waals surface area (Å²) in [5.41, 5.74) is 5.71. The Balaban J connectivity index is 1.81. The maximum atomic E-state index is 12.4. The average molecular weight is 305 g/mol. The van der Waals surface area contributed by atoms with Crippen LogP contribution in [-0.4, -0.2) is 15.7 Å². The molecule has 3 rings (SSSR count). The minimum Gasteiger partial charge on any atom is -0.322 e. The van der Waals surface area contributed by atoms with Crippen LogP contribution in [0.3, 0.4) is 0 Å². The summed E-state index contributed by atoms with van der Waals surface area (Å²) in [6.45, 7) is 6.04. The lowest BCUT2D eigenvalue weighted by molar-refractivity contribution is 0.102. The van der Waals surface area contributed by atoms with E-state index in [1.807, 2.05) is 74.0 Å². The van der Waals surface area contributed by atoms with Crippen molar-refractivity contribution in [2.75, 3.05) is 5.32 Å². The van der Waals surface area contributed by atoms with Gasteiger partial charge in [-0.15, -0.1) is 0 Å². The molecule has 1 heterocycles. The average Bonchev–Trinajstić information content (AvgIpc) is 2.98. The predicted octanol–water partition coefficient (Wildman–Crippen LogP) is 4.05. The number of anilines is 1. The molecule has 116 valence electrons. The lowest BCUT2D eigenvalue weighted by atomic mass is 10.1. The number of nitrogens with one attached hydrogen (secondary N) is 1. The highest BCUT2D eigenvalue weighted by Crippen LogP contribution is 2.19. The maximum absolute atomic E-state index is 12.4. The van der Waals surface area contributed by atoms with Gasteiger partial charge in [-0.1, -0.05) is 12.1 Å². The fraction of sp³-hybridized carbons (Fsp3) is 0.158. The Labute approximate surface area is 135 Å². The first-order chi connectivity index (χ1) is 11.1. The number of nitrogens with zero attached hydrogens (tertiary/aromatic N) is 2. The Bertz CT molecular complexity index is 847. The molecule has 0 aliphatic rings. The molecule has 0 atom stereocenters. The second-order valence-corrected chi connectivity index (χ2v) is 5.63. The molecule has 1 N–H and O–H groups in total. The van der Waals surface area contributed by atoms with E-state index in [0.29, 0.717) is 5.56 Å². The summed E-state index contributed by atoms with van der Waals surface area (Å²) < 4.78 is 1.84. The van der Waals surface area contributed by atoms with Crippen LogP contribution in [-0.2, 0) is 0 Å². The van der Waals surface area contributed by atoms with Crippen LogP contribution in [0.15, 0.2) is 54.7 Å². The van der Waals surface area contributed by atoms with Gasteiger partial charge in [-0.25, -0.2) is 4.68 Å². The van der Waals surface area contributed by atoms with Gasteiger partial charge in [0.1, 0.15) is 0 Å². The molecule has 0 saturated carbocycles. The molecular weight excluding hydrogens is 286 g/mol. The van der Waals surface area contributed by atoms with E-state index in [-0.39, 0.29) is 5.91 Å².